The third-order valence-corrected chi connectivity index (χ3v) is 6.53. The second-order valence-electron chi connectivity index (χ2n) is 5.97. The van der Waals surface area contributed by atoms with E-state index < -0.39 is 10.0 Å². The summed E-state index contributed by atoms with van der Waals surface area (Å²) in [5.74, 6) is 0.731. The summed E-state index contributed by atoms with van der Waals surface area (Å²) in [5.41, 5.74) is 2.03. The number of hydrogen-bond donors (Lipinski definition) is 3. The predicted octanol–water partition coefficient (Wildman–Crippen LogP) is 1.97. The smallest absolute Gasteiger partial charge is 0.240 e. The molecule has 3 N–H and O–H groups in total. The molecule has 0 aliphatic heterocycles. The zero-order chi connectivity index (χ0) is 19.9. The second-order valence-corrected chi connectivity index (χ2v) is 9.15. The lowest BCUT2D eigenvalue weighted by atomic mass is 10.2. The Kier molecular flexibility index (Phi) is 7.76. The summed E-state index contributed by atoms with van der Waals surface area (Å²) in [4.78, 5) is 10.6. The number of nitrogens with zero attached hydrogens (tertiary/aromatic N) is 2. The van der Waals surface area contributed by atoms with Crippen LogP contribution in [0, 0.1) is 13.8 Å². The Hall–Kier alpha value is -1.97. The van der Waals surface area contributed by atoms with Crippen molar-refractivity contribution in [2.45, 2.75) is 38.6 Å². The molecule has 0 saturated heterocycles. The first-order valence-corrected chi connectivity index (χ1v) is 11.1. The van der Waals surface area contributed by atoms with Gasteiger partial charge in [0.15, 0.2) is 5.96 Å². The number of nitrogens with one attached hydrogen (secondary N) is 3. The minimum atomic E-state index is -3.41. The number of aromatic nitrogens is 1. The number of hydrogen-bond acceptors (Lipinski definition) is 5. The van der Waals surface area contributed by atoms with Crippen molar-refractivity contribution in [1.29, 1.82) is 0 Å². The fraction of sp³-hybridized carbons (Fsp3) is 0.444. The average molecular weight is 410 g/mol. The first kappa shape index (κ1) is 21.3. The van der Waals surface area contributed by atoms with Gasteiger partial charge >= 0.3 is 0 Å². The minimum Gasteiger partial charge on any atom is -0.357 e. The van der Waals surface area contributed by atoms with Crippen LogP contribution in [0.15, 0.2) is 34.2 Å². The fourth-order valence-corrected chi connectivity index (χ4v) is 4.00. The highest BCUT2D eigenvalue weighted by atomic mass is 32.2. The summed E-state index contributed by atoms with van der Waals surface area (Å²) in [6.45, 7) is 8.11. The van der Waals surface area contributed by atoms with E-state index in [1.807, 2.05) is 13.8 Å². The summed E-state index contributed by atoms with van der Waals surface area (Å²) < 4.78 is 25.8. The van der Waals surface area contributed by atoms with Crippen molar-refractivity contribution in [3.05, 3.63) is 45.4 Å². The lowest BCUT2D eigenvalue weighted by molar-refractivity contribution is 0.588. The Morgan fingerprint density at radius 1 is 1.19 bits per heavy atom. The van der Waals surface area contributed by atoms with E-state index in [2.05, 4.69) is 32.3 Å². The molecule has 2 aromatic rings. The first-order valence-electron chi connectivity index (χ1n) is 8.83. The molecule has 9 heteroatoms. The number of sulfonamides is 1. The molecule has 0 atom stereocenters. The number of benzene rings is 1. The summed E-state index contributed by atoms with van der Waals surface area (Å²) >= 11 is 1.73. The molecule has 0 amide bonds. The highest BCUT2D eigenvalue weighted by molar-refractivity contribution is 7.89. The van der Waals surface area contributed by atoms with Gasteiger partial charge in [-0.15, -0.1) is 11.3 Å². The molecule has 0 fully saturated rings. The molecule has 7 nitrogen and oxygen atoms in total. The molecular weight excluding hydrogens is 382 g/mol. The molecule has 0 bridgehead atoms. The lowest BCUT2D eigenvalue weighted by Crippen LogP contribution is -2.38. The minimum absolute atomic E-state index is 0.247. The monoisotopic (exact) mass is 409 g/mol. The van der Waals surface area contributed by atoms with Crippen molar-refractivity contribution in [3.8, 4) is 0 Å². The zero-order valence-electron chi connectivity index (χ0n) is 16.2. The highest BCUT2D eigenvalue weighted by Gasteiger charge is 2.10. The van der Waals surface area contributed by atoms with Crippen LogP contribution in [0.4, 0.5) is 0 Å². The van der Waals surface area contributed by atoms with Gasteiger partial charge in [0.25, 0.3) is 0 Å². The van der Waals surface area contributed by atoms with Gasteiger partial charge in [0.1, 0.15) is 0 Å². The lowest BCUT2D eigenvalue weighted by Gasteiger charge is -2.11. The average Bonchev–Trinajstić information content (AvgIpc) is 2.97. The maximum absolute atomic E-state index is 11.8. The van der Waals surface area contributed by atoms with E-state index in [0.717, 1.165) is 41.7 Å². The molecule has 0 unspecified atom stereocenters. The van der Waals surface area contributed by atoms with Crippen LogP contribution < -0.4 is 15.4 Å². The maximum Gasteiger partial charge on any atom is 0.240 e. The maximum atomic E-state index is 11.8. The number of aliphatic imine (C=N–C) groups is 1. The van der Waals surface area contributed by atoms with Gasteiger partial charge in [0, 0.05) is 24.4 Å². The van der Waals surface area contributed by atoms with Gasteiger partial charge in [0.2, 0.25) is 10.0 Å². The Morgan fingerprint density at radius 2 is 1.89 bits per heavy atom. The molecule has 0 aliphatic rings. The van der Waals surface area contributed by atoms with Crippen LogP contribution in [0.5, 0.6) is 0 Å². The van der Waals surface area contributed by atoms with Crippen molar-refractivity contribution in [1.82, 2.24) is 20.3 Å². The van der Waals surface area contributed by atoms with Crippen molar-refractivity contribution < 1.29 is 8.42 Å². The molecular formula is C18H27N5O2S2. The van der Waals surface area contributed by atoms with E-state index in [0.29, 0.717) is 6.54 Å². The Labute approximate surface area is 165 Å². The third kappa shape index (κ3) is 6.30. The second kappa shape index (κ2) is 9.82. The normalized spacial score (nSPS) is 12.2. The first-order chi connectivity index (χ1) is 12.9. The van der Waals surface area contributed by atoms with Crippen LogP contribution >= 0.6 is 11.3 Å². The number of aryl methyl sites for hydroxylation is 2. The molecule has 0 aliphatic carbocycles. The predicted molar refractivity (Wildman–Crippen MR) is 111 cm³/mol. The van der Waals surface area contributed by atoms with Crippen molar-refractivity contribution in [3.63, 3.8) is 0 Å². The van der Waals surface area contributed by atoms with Crippen molar-refractivity contribution in [2.75, 3.05) is 20.1 Å². The van der Waals surface area contributed by atoms with E-state index in [4.69, 9.17) is 0 Å². The quantitative estimate of drug-likeness (QED) is 0.458. The van der Waals surface area contributed by atoms with E-state index >= 15 is 0 Å². The fourth-order valence-electron chi connectivity index (χ4n) is 2.34. The number of guanidine groups is 1. The zero-order valence-corrected chi connectivity index (χ0v) is 17.8. The molecule has 1 aromatic heterocycles. The molecule has 0 radical (unpaired) electrons. The summed E-state index contributed by atoms with van der Waals surface area (Å²) in [5, 5.41) is 7.65. The molecule has 0 spiro atoms. The Bertz CT molecular complexity index is 854. The highest BCUT2D eigenvalue weighted by Crippen LogP contribution is 2.16. The van der Waals surface area contributed by atoms with Gasteiger partial charge < -0.3 is 10.6 Å². The van der Waals surface area contributed by atoms with E-state index in [1.165, 1.54) is 11.9 Å². The van der Waals surface area contributed by atoms with Crippen molar-refractivity contribution >= 4 is 27.3 Å². The van der Waals surface area contributed by atoms with Crippen LogP contribution in [0.1, 0.15) is 28.1 Å². The molecule has 27 heavy (non-hydrogen) atoms. The molecule has 0 saturated carbocycles. The number of rotatable bonds is 8. The largest absolute Gasteiger partial charge is 0.357 e. The molecule has 1 aromatic carbocycles. The van der Waals surface area contributed by atoms with Crippen LogP contribution in [0.2, 0.25) is 0 Å². The Balaban J connectivity index is 1.94. The summed E-state index contributed by atoms with van der Waals surface area (Å²) in [6.07, 6.45) is 0.848. The van der Waals surface area contributed by atoms with Crippen LogP contribution in [-0.4, -0.2) is 39.5 Å². The topological polar surface area (TPSA) is 95.5 Å². The summed E-state index contributed by atoms with van der Waals surface area (Å²) in [7, 11) is -2.01. The summed E-state index contributed by atoms with van der Waals surface area (Å²) in [6, 6.07) is 6.73. The van der Waals surface area contributed by atoms with E-state index in [9.17, 15) is 8.42 Å². The van der Waals surface area contributed by atoms with E-state index in [1.54, 1.807) is 35.6 Å². The third-order valence-electron chi connectivity index (χ3n) is 3.97. The van der Waals surface area contributed by atoms with Crippen LogP contribution in [0.3, 0.4) is 0 Å². The van der Waals surface area contributed by atoms with Gasteiger partial charge in [-0.25, -0.2) is 23.1 Å². The van der Waals surface area contributed by atoms with Crippen molar-refractivity contribution in [2.24, 2.45) is 4.99 Å². The Morgan fingerprint density at radius 3 is 2.44 bits per heavy atom. The number of thiazole rings is 1. The SMILES string of the molecule is CCNC(=NCc1ccc(S(=O)(=O)NC)cc1)NCCc1nc(C)c(C)s1. The standard InChI is InChI=1S/C18H27N5O2S2/c1-5-20-18(21-11-10-17-23-13(2)14(3)26-17)22-12-15-6-8-16(9-7-15)27(24,25)19-4/h6-9,19H,5,10-12H2,1-4H3,(H2,20,21,22). The van der Waals surface area contributed by atoms with E-state index in [-0.39, 0.29) is 4.90 Å². The van der Waals surface area contributed by atoms with Gasteiger partial charge in [-0.2, -0.15) is 0 Å². The molecule has 148 valence electrons. The molecule has 2 rings (SSSR count). The van der Waals surface area contributed by atoms with Crippen LogP contribution in [0.25, 0.3) is 0 Å². The van der Waals surface area contributed by atoms with Gasteiger partial charge in [-0.3, -0.25) is 0 Å². The van der Waals surface area contributed by atoms with Crippen LogP contribution in [-0.2, 0) is 23.0 Å². The van der Waals surface area contributed by atoms with Gasteiger partial charge in [-0.05, 0) is 45.5 Å². The molecule has 1 heterocycles. The van der Waals surface area contributed by atoms with Gasteiger partial charge in [0.05, 0.1) is 22.1 Å². The van der Waals surface area contributed by atoms with Gasteiger partial charge in [-0.1, -0.05) is 12.1 Å².